The monoisotopic (exact) mass is 367 g/mol. The van der Waals surface area contributed by atoms with E-state index in [4.69, 9.17) is 9.47 Å². The van der Waals surface area contributed by atoms with Gasteiger partial charge in [0.1, 0.15) is 5.82 Å². The second kappa shape index (κ2) is 7.49. The maximum Gasteiger partial charge on any atom is 0.166 e. The second-order valence-electron chi connectivity index (χ2n) is 5.12. The third-order valence-corrected chi connectivity index (χ3v) is 3.46. The van der Waals surface area contributed by atoms with Crippen molar-refractivity contribution in [1.82, 2.24) is 0 Å². The predicted molar refractivity (Wildman–Crippen MR) is 90.2 cm³/mol. The summed E-state index contributed by atoms with van der Waals surface area (Å²) in [6, 6.07) is 10.1. The smallest absolute Gasteiger partial charge is 0.166 e. The molecular formula is C17H19BrFNO2. The first-order chi connectivity index (χ1) is 10.5. The first-order valence-electron chi connectivity index (χ1n) is 7.02. The highest BCUT2D eigenvalue weighted by Crippen LogP contribution is 2.36. The van der Waals surface area contributed by atoms with Crippen molar-refractivity contribution in [2.75, 3.05) is 12.4 Å². The van der Waals surface area contributed by atoms with E-state index in [1.807, 2.05) is 26.0 Å². The van der Waals surface area contributed by atoms with Crippen LogP contribution in [-0.4, -0.2) is 13.2 Å². The summed E-state index contributed by atoms with van der Waals surface area (Å²) in [6.45, 7) is 4.49. The molecule has 5 heteroatoms. The van der Waals surface area contributed by atoms with Crippen molar-refractivity contribution in [2.24, 2.45) is 0 Å². The molecule has 0 spiro atoms. The van der Waals surface area contributed by atoms with Gasteiger partial charge in [-0.2, -0.15) is 0 Å². The Kier molecular flexibility index (Phi) is 5.66. The Bertz CT molecular complexity index is 629. The molecule has 118 valence electrons. The number of methoxy groups -OCH3 is 1. The Morgan fingerprint density at radius 2 is 1.86 bits per heavy atom. The maximum absolute atomic E-state index is 12.9. The van der Waals surface area contributed by atoms with Gasteiger partial charge in [0.05, 0.1) is 13.2 Å². The Morgan fingerprint density at radius 3 is 2.45 bits per heavy atom. The Labute approximate surface area is 138 Å². The van der Waals surface area contributed by atoms with E-state index in [-0.39, 0.29) is 11.9 Å². The molecule has 2 aromatic carbocycles. The zero-order valence-corrected chi connectivity index (χ0v) is 14.4. The lowest BCUT2D eigenvalue weighted by atomic mass is 10.1. The summed E-state index contributed by atoms with van der Waals surface area (Å²) in [5, 5.41) is 3.26. The minimum Gasteiger partial charge on any atom is -0.493 e. The van der Waals surface area contributed by atoms with Gasteiger partial charge in [-0.1, -0.05) is 15.9 Å². The highest BCUT2D eigenvalue weighted by molar-refractivity contribution is 9.10. The molecule has 0 bridgehead atoms. The van der Waals surface area contributed by atoms with Gasteiger partial charge in [-0.15, -0.1) is 0 Å². The number of nitrogens with one attached hydrogen (secondary N) is 1. The molecule has 2 rings (SSSR count). The molecule has 0 fully saturated rings. The molecule has 0 unspecified atom stereocenters. The van der Waals surface area contributed by atoms with E-state index in [1.54, 1.807) is 19.2 Å². The minimum absolute atomic E-state index is 0.0413. The van der Waals surface area contributed by atoms with Gasteiger partial charge in [0, 0.05) is 22.3 Å². The second-order valence-corrected chi connectivity index (χ2v) is 6.04. The van der Waals surface area contributed by atoms with Gasteiger partial charge < -0.3 is 14.8 Å². The van der Waals surface area contributed by atoms with Crippen molar-refractivity contribution in [3.63, 3.8) is 0 Å². The Morgan fingerprint density at radius 1 is 1.18 bits per heavy atom. The normalized spacial score (nSPS) is 10.6. The molecule has 2 aromatic rings. The lowest BCUT2D eigenvalue weighted by molar-refractivity contribution is 0.228. The van der Waals surface area contributed by atoms with E-state index in [0.29, 0.717) is 12.3 Å². The van der Waals surface area contributed by atoms with Gasteiger partial charge in [-0.25, -0.2) is 4.39 Å². The number of ether oxygens (including phenoxy) is 2. The molecule has 0 aromatic heterocycles. The minimum atomic E-state index is -0.251. The van der Waals surface area contributed by atoms with Crippen molar-refractivity contribution < 1.29 is 13.9 Å². The molecule has 0 saturated carbocycles. The van der Waals surface area contributed by atoms with Gasteiger partial charge in [0.25, 0.3) is 0 Å². The van der Waals surface area contributed by atoms with Gasteiger partial charge in [0.15, 0.2) is 11.5 Å². The fraction of sp³-hybridized carbons (Fsp3) is 0.294. The number of benzene rings is 2. The van der Waals surface area contributed by atoms with Gasteiger partial charge in [-0.3, -0.25) is 0 Å². The third kappa shape index (κ3) is 4.37. The van der Waals surface area contributed by atoms with Crippen molar-refractivity contribution >= 4 is 21.6 Å². The molecule has 0 heterocycles. The van der Waals surface area contributed by atoms with Crippen molar-refractivity contribution in [3.05, 3.63) is 52.3 Å². The van der Waals surface area contributed by atoms with E-state index < -0.39 is 0 Å². The van der Waals surface area contributed by atoms with Gasteiger partial charge in [-0.05, 0) is 50.2 Å². The molecule has 0 radical (unpaired) electrons. The van der Waals surface area contributed by atoms with Crippen LogP contribution in [-0.2, 0) is 6.54 Å². The predicted octanol–water partition coefficient (Wildman–Crippen LogP) is 5.00. The zero-order valence-electron chi connectivity index (χ0n) is 12.8. The van der Waals surface area contributed by atoms with Crippen LogP contribution in [0.5, 0.6) is 11.5 Å². The van der Waals surface area contributed by atoms with Gasteiger partial charge >= 0.3 is 0 Å². The van der Waals surface area contributed by atoms with Crippen LogP contribution in [0.1, 0.15) is 19.4 Å². The van der Waals surface area contributed by atoms with Crippen LogP contribution in [0.25, 0.3) is 0 Å². The maximum atomic E-state index is 12.9. The zero-order chi connectivity index (χ0) is 16.1. The molecule has 0 saturated heterocycles. The summed E-state index contributed by atoms with van der Waals surface area (Å²) < 4.78 is 25.1. The number of anilines is 1. The van der Waals surface area contributed by atoms with E-state index >= 15 is 0 Å². The fourth-order valence-electron chi connectivity index (χ4n) is 2.04. The topological polar surface area (TPSA) is 30.5 Å². The molecule has 3 nitrogen and oxygen atoms in total. The Balaban J connectivity index is 2.24. The van der Waals surface area contributed by atoms with Crippen LogP contribution in [0.15, 0.2) is 40.9 Å². The lowest BCUT2D eigenvalue weighted by Gasteiger charge is -2.18. The molecule has 0 atom stereocenters. The molecule has 0 amide bonds. The fourth-order valence-corrected chi connectivity index (χ4v) is 2.52. The SMILES string of the molecule is COc1cc(Br)cc(CNc2ccc(F)cc2)c1OC(C)C. The quantitative estimate of drug-likeness (QED) is 0.779. The molecular weight excluding hydrogens is 349 g/mol. The van der Waals surface area contributed by atoms with Crippen molar-refractivity contribution in [3.8, 4) is 11.5 Å². The van der Waals surface area contributed by atoms with Crippen LogP contribution >= 0.6 is 15.9 Å². The molecule has 22 heavy (non-hydrogen) atoms. The average molecular weight is 368 g/mol. The highest BCUT2D eigenvalue weighted by atomic mass is 79.9. The summed E-state index contributed by atoms with van der Waals surface area (Å²) in [5.41, 5.74) is 1.81. The summed E-state index contributed by atoms with van der Waals surface area (Å²) in [6.07, 6.45) is 0.0413. The first-order valence-corrected chi connectivity index (χ1v) is 7.81. The molecule has 1 N–H and O–H groups in total. The first kappa shape index (κ1) is 16.6. The Hall–Kier alpha value is -1.75. The van der Waals surface area contributed by atoms with Crippen LogP contribution in [0.4, 0.5) is 10.1 Å². The van der Waals surface area contributed by atoms with Crippen LogP contribution in [0.2, 0.25) is 0 Å². The lowest BCUT2D eigenvalue weighted by Crippen LogP contribution is -2.10. The molecule has 0 aliphatic rings. The number of hydrogen-bond donors (Lipinski definition) is 1. The van der Waals surface area contributed by atoms with Crippen LogP contribution < -0.4 is 14.8 Å². The number of rotatable bonds is 6. The summed E-state index contributed by atoms with van der Waals surface area (Å²) >= 11 is 3.48. The van der Waals surface area contributed by atoms with E-state index in [2.05, 4.69) is 21.2 Å². The third-order valence-electron chi connectivity index (χ3n) is 3.00. The van der Waals surface area contributed by atoms with Crippen LogP contribution in [0, 0.1) is 5.82 Å². The van der Waals surface area contributed by atoms with Crippen molar-refractivity contribution in [2.45, 2.75) is 26.5 Å². The standard InChI is InChI=1S/C17H19BrFNO2/c1-11(2)22-17-12(8-13(18)9-16(17)21-3)10-20-15-6-4-14(19)5-7-15/h4-9,11,20H,10H2,1-3H3. The highest BCUT2D eigenvalue weighted by Gasteiger charge is 2.14. The summed E-state index contributed by atoms with van der Waals surface area (Å²) in [4.78, 5) is 0. The van der Waals surface area contributed by atoms with E-state index in [9.17, 15) is 4.39 Å². The number of halogens is 2. The molecule has 0 aliphatic carbocycles. The van der Waals surface area contributed by atoms with Crippen molar-refractivity contribution in [1.29, 1.82) is 0 Å². The largest absolute Gasteiger partial charge is 0.493 e. The summed E-state index contributed by atoms with van der Waals surface area (Å²) in [5.74, 6) is 1.15. The van der Waals surface area contributed by atoms with Gasteiger partial charge in [0.2, 0.25) is 0 Å². The van der Waals surface area contributed by atoms with E-state index in [1.165, 1.54) is 12.1 Å². The van der Waals surface area contributed by atoms with E-state index in [0.717, 1.165) is 21.5 Å². The number of hydrogen-bond acceptors (Lipinski definition) is 3. The molecule has 0 aliphatic heterocycles. The summed E-state index contributed by atoms with van der Waals surface area (Å²) in [7, 11) is 1.62. The average Bonchev–Trinajstić information content (AvgIpc) is 2.48. The van der Waals surface area contributed by atoms with Crippen LogP contribution in [0.3, 0.4) is 0 Å².